The summed E-state index contributed by atoms with van der Waals surface area (Å²) in [6, 6.07) is 0.504. The third-order valence-corrected chi connectivity index (χ3v) is 3.55. The molecule has 0 radical (unpaired) electrons. The summed E-state index contributed by atoms with van der Waals surface area (Å²) in [6.07, 6.45) is 6.40. The second kappa shape index (κ2) is 7.92. The van der Waals surface area contributed by atoms with Gasteiger partial charge in [-0.2, -0.15) is 0 Å². The first-order chi connectivity index (χ1) is 8.63. The van der Waals surface area contributed by atoms with Crippen LogP contribution in [-0.4, -0.2) is 29.5 Å². The van der Waals surface area contributed by atoms with Crippen molar-refractivity contribution in [2.75, 3.05) is 6.54 Å². The highest BCUT2D eigenvalue weighted by molar-refractivity contribution is 5.79. The van der Waals surface area contributed by atoms with Gasteiger partial charge in [0.15, 0.2) is 0 Å². The smallest absolute Gasteiger partial charge is 0.220 e. The highest BCUT2D eigenvalue weighted by Crippen LogP contribution is 2.23. The van der Waals surface area contributed by atoms with E-state index >= 15 is 0 Å². The first kappa shape index (κ1) is 14.8. The average molecular weight is 256 g/mol. The number of amides is 1. The van der Waals surface area contributed by atoms with E-state index in [4.69, 9.17) is 16.7 Å². The van der Waals surface area contributed by atoms with Gasteiger partial charge in [-0.25, -0.2) is 0 Å². The zero-order chi connectivity index (χ0) is 13.4. The molecule has 6 heteroatoms. The van der Waals surface area contributed by atoms with Gasteiger partial charge in [-0.1, -0.05) is 5.16 Å². The third-order valence-electron chi connectivity index (χ3n) is 3.55. The minimum atomic E-state index is -0.160. The molecule has 0 bridgehead atoms. The van der Waals surface area contributed by atoms with Crippen LogP contribution in [0.15, 0.2) is 5.16 Å². The zero-order valence-electron chi connectivity index (χ0n) is 10.8. The Morgan fingerprint density at radius 1 is 1.22 bits per heavy atom. The van der Waals surface area contributed by atoms with Gasteiger partial charge in [0.2, 0.25) is 5.91 Å². The Morgan fingerprint density at radius 3 is 2.44 bits per heavy atom. The van der Waals surface area contributed by atoms with Crippen LogP contribution in [-0.2, 0) is 4.79 Å². The van der Waals surface area contributed by atoms with E-state index in [1.165, 1.54) is 0 Å². The van der Waals surface area contributed by atoms with Gasteiger partial charge >= 0.3 is 0 Å². The largest absolute Gasteiger partial charge is 0.409 e. The van der Waals surface area contributed by atoms with Gasteiger partial charge in [-0.3, -0.25) is 4.79 Å². The number of oxime groups is 1. The van der Waals surface area contributed by atoms with Gasteiger partial charge in [0.05, 0.1) is 0 Å². The number of rotatable bonds is 7. The standard InChI is InChI=1S/C12H24N4O2/c13-11(16-18)3-1-2-8-15-10-6-4-9(5-7-10)12(14)17/h9-10,15,18H,1-8H2,(H2,13,16)(H2,14,17). The topological polar surface area (TPSA) is 114 Å². The SMILES string of the molecule is NC(=O)C1CCC(NCCCCC(N)=NO)CC1. The Bertz CT molecular complexity index is 286. The molecule has 6 nitrogen and oxygen atoms in total. The number of hydrogen-bond acceptors (Lipinski definition) is 4. The molecule has 6 N–H and O–H groups in total. The third kappa shape index (κ3) is 5.35. The van der Waals surface area contributed by atoms with Crippen LogP contribution in [0.1, 0.15) is 44.9 Å². The summed E-state index contributed by atoms with van der Waals surface area (Å²) in [5.41, 5.74) is 10.7. The highest BCUT2D eigenvalue weighted by atomic mass is 16.4. The van der Waals surface area contributed by atoms with E-state index < -0.39 is 0 Å². The van der Waals surface area contributed by atoms with Crippen molar-refractivity contribution in [3.63, 3.8) is 0 Å². The van der Waals surface area contributed by atoms with Gasteiger partial charge < -0.3 is 22.0 Å². The molecule has 1 aliphatic carbocycles. The lowest BCUT2D eigenvalue weighted by molar-refractivity contribution is -0.122. The molecule has 1 amide bonds. The zero-order valence-corrected chi connectivity index (χ0v) is 10.8. The second-order valence-corrected chi connectivity index (χ2v) is 4.95. The molecule has 104 valence electrons. The van der Waals surface area contributed by atoms with Crippen LogP contribution >= 0.6 is 0 Å². The molecule has 1 fully saturated rings. The summed E-state index contributed by atoms with van der Waals surface area (Å²) in [5, 5.41) is 14.8. The molecule has 18 heavy (non-hydrogen) atoms. The molecule has 0 aromatic rings. The van der Waals surface area contributed by atoms with Gasteiger partial charge in [-0.05, 0) is 45.1 Å². The average Bonchev–Trinajstić information content (AvgIpc) is 2.38. The number of carbonyl (C=O) groups is 1. The number of unbranched alkanes of at least 4 members (excludes halogenated alkanes) is 1. The maximum absolute atomic E-state index is 11.0. The van der Waals surface area contributed by atoms with E-state index in [0.717, 1.165) is 45.1 Å². The number of carbonyl (C=O) groups excluding carboxylic acids is 1. The van der Waals surface area contributed by atoms with E-state index in [1.54, 1.807) is 0 Å². The Morgan fingerprint density at radius 2 is 1.89 bits per heavy atom. The van der Waals surface area contributed by atoms with Crippen LogP contribution < -0.4 is 16.8 Å². The fourth-order valence-electron chi connectivity index (χ4n) is 2.37. The first-order valence-electron chi connectivity index (χ1n) is 6.62. The van der Waals surface area contributed by atoms with Crippen molar-refractivity contribution in [2.24, 2.45) is 22.5 Å². The van der Waals surface area contributed by atoms with Crippen LogP contribution in [0.25, 0.3) is 0 Å². The van der Waals surface area contributed by atoms with Gasteiger partial charge in [0.25, 0.3) is 0 Å². The molecule has 1 rings (SSSR count). The van der Waals surface area contributed by atoms with E-state index in [2.05, 4.69) is 10.5 Å². The summed E-state index contributed by atoms with van der Waals surface area (Å²) in [6.45, 7) is 0.935. The number of nitrogens with one attached hydrogen (secondary N) is 1. The van der Waals surface area contributed by atoms with Crippen LogP contribution in [0, 0.1) is 5.92 Å². The molecule has 0 aromatic carbocycles. The van der Waals surface area contributed by atoms with E-state index in [0.29, 0.717) is 12.5 Å². The lowest BCUT2D eigenvalue weighted by Crippen LogP contribution is -2.37. The van der Waals surface area contributed by atoms with Crippen LogP contribution in [0.2, 0.25) is 0 Å². The summed E-state index contributed by atoms with van der Waals surface area (Å²) in [5.74, 6) is 0.202. The monoisotopic (exact) mass is 256 g/mol. The number of nitrogens with two attached hydrogens (primary N) is 2. The van der Waals surface area contributed by atoms with Crippen LogP contribution in [0.4, 0.5) is 0 Å². The van der Waals surface area contributed by atoms with Gasteiger partial charge in [0.1, 0.15) is 5.84 Å². The highest BCUT2D eigenvalue weighted by Gasteiger charge is 2.23. The Labute approximate surface area is 108 Å². The van der Waals surface area contributed by atoms with Crippen LogP contribution in [0.5, 0.6) is 0 Å². The van der Waals surface area contributed by atoms with Gasteiger partial charge in [-0.15, -0.1) is 0 Å². The molecule has 0 heterocycles. The number of hydrogen-bond donors (Lipinski definition) is 4. The number of nitrogens with zero attached hydrogens (tertiary/aromatic N) is 1. The van der Waals surface area contributed by atoms with Crippen molar-refractivity contribution in [1.29, 1.82) is 0 Å². The normalized spacial score (nSPS) is 25.0. The van der Waals surface area contributed by atoms with E-state index in [1.807, 2.05) is 0 Å². The number of amidine groups is 1. The molecule has 0 saturated heterocycles. The molecular weight excluding hydrogens is 232 g/mol. The van der Waals surface area contributed by atoms with Crippen molar-refractivity contribution >= 4 is 11.7 Å². The van der Waals surface area contributed by atoms with Gasteiger partial charge in [0, 0.05) is 18.4 Å². The maximum Gasteiger partial charge on any atom is 0.220 e. The lowest BCUT2D eigenvalue weighted by atomic mass is 9.85. The summed E-state index contributed by atoms with van der Waals surface area (Å²) in [4.78, 5) is 11.0. The quantitative estimate of drug-likeness (QED) is 0.175. The molecule has 0 aromatic heterocycles. The first-order valence-corrected chi connectivity index (χ1v) is 6.62. The summed E-state index contributed by atoms with van der Waals surface area (Å²) in [7, 11) is 0. The fraction of sp³-hybridized carbons (Fsp3) is 0.833. The maximum atomic E-state index is 11.0. The van der Waals surface area contributed by atoms with Crippen molar-refractivity contribution < 1.29 is 10.0 Å². The Kier molecular flexibility index (Phi) is 6.49. The van der Waals surface area contributed by atoms with E-state index in [9.17, 15) is 4.79 Å². The molecule has 0 unspecified atom stereocenters. The molecule has 1 aliphatic rings. The van der Waals surface area contributed by atoms with Crippen LogP contribution in [0.3, 0.4) is 0 Å². The van der Waals surface area contributed by atoms with Crippen molar-refractivity contribution in [3.05, 3.63) is 0 Å². The number of primary amides is 1. The predicted molar refractivity (Wildman–Crippen MR) is 70.2 cm³/mol. The second-order valence-electron chi connectivity index (χ2n) is 4.95. The molecule has 0 spiro atoms. The Balaban J connectivity index is 2.03. The molecule has 0 aliphatic heterocycles. The molecule has 0 atom stereocenters. The van der Waals surface area contributed by atoms with Crippen molar-refractivity contribution in [1.82, 2.24) is 5.32 Å². The summed E-state index contributed by atoms with van der Waals surface area (Å²) < 4.78 is 0. The van der Waals surface area contributed by atoms with Crippen molar-refractivity contribution in [2.45, 2.75) is 51.0 Å². The van der Waals surface area contributed by atoms with Crippen molar-refractivity contribution in [3.8, 4) is 0 Å². The van der Waals surface area contributed by atoms with E-state index in [-0.39, 0.29) is 17.7 Å². The predicted octanol–water partition coefficient (Wildman–Crippen LogP) is 0.537. The lowest BCUT2D eigenvalue weighted by Gasteiger charge is -2.27. The Hall–Kier alpha value is -1.30. The minimum Gasteiger partial charge on any atom is -0.409 e. The summed E-state index contributed by atoms with van der Waals surface area (Å²) >= 11 is 0. The molecule has 1 saturated carbocycles. The fourth-order valence-corrected chi connectivity index (χ4v) is 2.37. The molecular formula is C12H24N4O2. The minimum absolute atomic E-state index is 0.0728.